The van der Waals surface area contributed by atoms with Crippen LogP contribution in [-0.4, -0.2) is 40.9 Å². The van der Waals surface area contributed by atoms with Crippen molar-refractivity contribution in [1.82, 2.24) is 4.90 Å². The van der Waals surface area contributed by atoms with Crippen molar-refractivity contribution in [3.05, 3.63) is 29.3 Å². The van der Waals surface area contributed by atoms with E-state index in [0.29, 0.717) is 30.6 Å². The molecule has 2 N–H and O–H groups in total. The van der Waals surface area contributed by atoms with Crippen LogP contribution in [0, 0.1) is 18.3 Å². The van der Waals surface area contributed by atoms with Crippen molar-refractivity contribution in [3.63, 3.8) is 0 Å². The van der Waals surface area contributed by atoms with Crippen LogP contribution in [0.25, 0.3) is 0 Å². The monoisotopic (exact) mass is 346 g/mol. The number of aliphatic carboxylic acids is 1. The van der Waals surface area contributed by atoms with Crippen LogP contribution >= 0.6 is 0 Å². The van der Waals surface area contributed by atoms with Gasteiger partial charge in [-0.05, 0) is 49.9 Å². The van der Waals surface area contributed by atoms with Crippen LogP contribution in [0.1, 0.15) is 49.5 Å². The van der Waals surface area contributed by atoms with Crippen molar-refractivity contribution in [1.29, 1.82) is 0 Å². The quantitative estimate of drug-likeness (QED) is 0.858. The number of amides is 2. The molecule has 136 valence electrons. The van der Waals surface area contributed by atoms with E-state index in [1.807, 2.05) is 20.8 Å². The zero-order valence-electron chi connectivity index (χ0n) is 15.3. The second-order valence-electron chi connectivity index (χ2n) is 7.52. The largest absolute Gasteiger partial charge is 0.481 e. The topological polar surface area (TPSA) is 86.7 Å². The van der Waals surface area contributed by atoms with Gasteiger partial charge in [0.25, 0.3) is 5.91 Å². The molecule has 1 aromatic rings. The predicted molar refractivity (Wildman–Crippen MR) is 95.5 cm³/mol. The minimum Gasteiger partial charge on any atom is -0.481 e. The average Bonchev–Trinajstić information content (AvgIpc) is 2.92. The molecule has 1 aromatic carbocycles. The molecule has 6 nitrogen and oxygen atoms in total. The van der Waals surface area contributed by atoms with Crippen molar-refractivity contribution in [2.24, 2.45) is 11.3 Å². The summed E-state index contributed by atoms with van der Waals surface area (Å²) >= 11 is 0. The van der Waals surface area contributed by atoms with Crippen molar-refractivity contribution in [3.8, 4) is 0 Å². The third-order valence-electron chi connectivity index (χ3n) is 4.62. The molecule has 1 saturated heterocycles. The molecule has 0 radical (unpaired) electrons. The van der Waals surface area contributed by atoms with Gasteiger partial charge in [-0.1, -0.05) is 13.8 Å². The van der Waals surface area contributed by atoms with Gasteiger partial charge < -0.3 is 15.3 Å². The number of aryl methyl sites for hydroxylation is 1. The zero-order valence-corrected chi connectivity index (χ0v) is 15.3. The molecule has 25 heavy (non-hydrogen) atoms. The first kappa shape index (κ1) is 19.0. The van der Waals surface area contributed by atoms with E-state index in [1.54, 1.807) is 30.0 Å². The predicted octanol–water partition coefficient (Wildman–Crippen LogP) is 2.92. The summed E-state index contributed by atoms with van der Waals surface area (Å²) in [6.45, 7) is 8.12. The molecule has 0 aromatic heterocycles. The number of carboxylic acid groups (broad SMARTS) is 1. The molecule has 0 saturated carbocycles. The number of carbonyl (C=O) groups is 3. The molecule has 1 fully saturated rings. The Balaban J connectivity index is 2.09. The molecule has 1 aliphatic rings. The average molecular weight is 346 g/mol. The first-order valence-corrected chi connectivity index (χ1v) is 8.55. The SMILES string of the molecule is Cc1cc(C(=O)N2CC[C@](C)(C(=O)O)C2)ccc1NC(=O)CC(C)C. The Hall–Kier alpha value is -2.37. The fourth-order valence-corrected chi connectivity index (χ4v) is 3.00. The molecule has 1 atom stereocenters. The minimum absolute atomic E-state index is 0.0473. The number of carboxylic acids is 1. The van der Waals surface area contributed by atoms with E-state index in [4.69, 9.17) is 0 Å². The second-order valence-corrected chi connectivity index (χ2v) is 7.52. The summed E-state index contributed by atoms with van der Waals surface area (Å²) in [7, 11) is 0. The lowest BCUT2D eigenvalue weighted by molar-refractivity contribution is -0.147. The number of rotatable bonds is 5. The maximum atomic E-state index is 12.6. The van der Waals surface area contributed by atoms with E-state index in [0.717, 1.165) is 5.56 Å². The molecule has 2 amide bonds. The highest BCUT2D eigenvalue weighted by Crippen LogP contribution is 2.31. The fourth-order valence-electron chi connectivity index (χ4n) is 3.00. The van der Waals surface area contributed by atoms with Crippen molar-refractivity contribution in [2.45, 2.75) is 40.5 Å². The smallest absolute Gasteiger partial charge is 0.311 e. The Bertz CT molecular complexity index is 699. The van der Waals surface area contributed by atoms with Gasteiger partial charge in [0.05, 0.1) is 5.41 Å². The second kappa shape index (κ2) is 7.25. The van der Waals surface area contributed by atoms with Gasteiger partial charge in [0.1, 0.15) is 0 Å². The van der Waals surface area contributed by atoms with Crippen LogP contribution in [-0.2, 0) is 9.59 Å². The summed E-state index contributed by atoms with van der Waals surface area (Å²) in [5.74, 6) is -0.816. The number of nitrogens with one attached hydrogen (secondary N) is 1. The number of hydrogen-bond donors (Lipinski definition) is 2. The summed E-state index contributed by atoms with van der Waals surface area (Å²) in [4.78, 5) is 37.4. The van der Waals surface area contributed by atoms with Crippen LogP contribution in [0.5, 0.6) is 0 Å². The number of benzene rings is 1. The maximum absolute atomic E-state index is 12.6. The summed E-state index contributed by atoms with van der Waals surface area (Å²) < 4.78 is 0. The molecule has 0 bridgehead atoms. The third kappa shape index (κ3) is 4.38. The molecular weight excluding hydrogens is 320 g/mol. The number of carbonyl (C=O) groups excluding carboxylic acids is 2. The number of nitrogens with zero attached hydrogens (tertiary/aromatic N) is 1. The van der Waals surface area contributed by atoms with Crippen LogP contribution in [0.2, 0.25) is 0 Å². The van der Waals surface area contributed by atoms with Gasteiger partial charge in [0.15, 0.2) is 0 Å². The van der Waals surface area contributed by atoms with Gasteiger partial charge in [-0.3, -0.25) is 14.4 Å². The molecule has 1 aliphatic heterocycles. The van der Waals surface area contributed by atoms with Crippen molar-refractivity contribution in [2.75, 3.05) is 18.4 Å². The van der Waals surface area contributed by atoms with Crippen LogP contribution in [0.4, 0.5) is 5.69 Å². The van der Waals surface area contributed by atoms with Crippen molar-refractivity contribution >= 4 is 23.5 Å². The van der Waals surface area contributed by atoms with Gasteiger partial charge in [-0.25, -0.2) is 0 Å². The van der Waals surface area contributed by atoms with E-state index < -0.39 is 11.4 Å². The summed E-state index contributed by atoms with van der Waals surface area (Å²) in [6.07, 6.45) is 0.901. The highest BCUT2D eigenvalue weighted by atomic mass is 16.4. The number of hydrogen-bond acceptors (Lipinski definition) is 3. The molecular formula is C19H26N2O4. The Morgan fingerprint density at radius 3 is 2.52 bits per heavy atom. The van der Waals surface area contributed by atoms with Crippen LogP contribution < -0.4 is 5.32 Å². The fraction of sp³-hybridized carbons (Fsp3) is 0.526. The Kier molecular flexibility index (Phi) is 5.50. The van der Waals surface area contributed by atoms with Gasteiger partial charge in [-0.15, -0.1) is 0 Å². The first-order valence-electron chi connectivity index (χ1n) is 8.55. The molecule has 6 heteroatoms. The van der Waals surface area contributed by atoms with E-state index in [9.17, 15) is 19.5 Å². The molecule has 1 heterocycles. The minimum atomic E-state index is -0.879. The van der Waals surface area contributed by atoms with E-state index in [-0.39, 0.29) is 24.3 Å². The Labute approximate surface area is 148 Å². The summed E-state index contributed by atoms with van der Waals surface area (Å²) in [5, 5.41) is 12.2. The van der Waals surface area contributed by atoms with Gasteiger partial charge >= 0.3 is 5.97 Å². The van der Waals surface area contributed by atoms with Crippen LogP contribution in [0.3, 0.4) is 0 Å². The molecule has 2 rings (SSSR count). The van der Waals surface area contributed by atoms with Gasteiger partial charge in [0, 0.05) is 30.8 Å². The lowest BCUT2D eigenvalue weighted by Crippen LogP contribution is -2.34. The Morgan fingerprint density at radius 2 is 2.00 bits per heavy atom. The van der Waals surface area contributed by atoms with Crippen LogP contribution in [0.15, 0.2) is 18.2 Å². The zero-order chi connectivity index (χ0) is 18.8. The maximum Gasteiger partial charge on any atom is 0.311 e. The Morgan fingerprint density at radius 1 is 1.32 bits per heavy atom. The highest BCUT2D eigenvalue weighted by molar-refractivity contribution is 5.97. The number of anilines is 1. The molecule has 0 unspecified atom stereocenters. The van der Waals surface area contributed by atoms with E-state index in [1.165, 1.54) is 0 Å². The standard InChI is InChI=1S/C19H26N2O4/c1-12(2)9-16(22)20-15-6-5-14(10-13(15)3)17(23)21-8-7-19(4,11-21)18(24)25/h5-6,10,12H,7-9,11H2,1-4H3,(H,20,22)(H,24,25)/t19-/m0/s1. The van der Waals surface area contributed by atoms with E-state index in [2.05, 4.69) is 5.32 Å². The van der Waals surface area contributed by atoms with Gasteiger partial charge in [0.2, 0.25) is 5.91 Å². The summed E-state index contributed by atoms with van der Waals surface area (Å²) in [6, 6.07) is 5.15. The lowest BCUT2D eigenvalue weighted by Gasteiger charge is -2.20. The summed E-state index contributed by atoms with van der Waals surface area (Å²) in [5.41, 5.74) is 1.13. The number of likely N-dealkylation sites (tertiary alicyclic amines) is 1. The highest BCUT2D eigenvalue weighted by Gasteiger charge is 2.42. The molecule has 0 aliphatic carbocycles. The lowest BCUT2D eigenvalue weighted by atomic mass is 9.90. The van der Waals surface area contributed by atoms with Crippen molar-refractivity contribution < 1.29 is 19.5 Å². The van der Waals surface area contributed by atoms with Gasteiger partial charge in [-0.2, -0.15) is 0 Å². The normalized spacial score (nSPS) is 20.0. The first-order chi connectivity index (χ1) is 11.6. The van der Waals surface area contributed by atoms with E-state index >= 15 is 0 Å². The molecule has 0 spiro atoms. The third-order valence-corrected chi connectivity index (χ3v) is 4.62.